The molecule has 3 aromatic rings. The molecule has 4 rings (SSSR count). The Hall–Kier alpha value is -3.21. The van der Waals surface area contributed by atoms with E-state index in [2.05, 4.69) is 22.2 Å². The van der Waals surface area contributed by atoms with Gasteiger partial charge in [-0.05, 0) is 54.7 Å². The third-order valence-electron chi connectivity index (χ3n) is 5.38. The second-order valence-corrected chi connectivity index (χ2v) is 7.12. The number of hydrogen-bond acceptors (Lipinski definition) is 2. The van der Waals surface area contributed by atoms with Gasteiger partial charge in [-0.2, -0.15) is 0 Å². The molecule has 0 bridgehead atoms. The first-order valence-electron chi connectivity index (χ1n) is 9.45. The summed E-state index contributed by atoms with van der Waals surface area (Å²) >= 11 is 0. The number of halogens is 1. The Labute approximate surface area is 163 Å². The van der Waals surface area contributed by atoms with Crippen LogP contribution in [0.2, 0.25) is 0 Å². The number of aromatic nitrogens is 1. The lowest BCUT2D eigenvalue weighted by atomic mass is 9.77. The minimum atomic E-state index is -0.242. The molecule has 1 aliphatic carbocycles. The molecule has 0 spiro atoms. The SMILES string of the molecule is C=CC[C@@H]1c2ccc(F)cc2CC[C@@H]1NC(=O)Nc1cccc2cnccc12. The first-order chi connectivity index (χ1) is 13.7. The lowest BCUT2D eigenvalue weighted by molar-refractivity contribution is 0.244. The Balaban J connectivity index is 1.53. The van der Waals surface area contributed by atoms with Crippen molar-refractivity contribution < 1.29 is 9.18 Å². The number of fused-ring (bicyclic) bond motifs is 2. The van der Waals surface area contributed by atoms with Gasteiger partial charge in [0.1, 0.15) is 5.82 Å². The Kier molecular flexibility index (Phi) is 5.06. The Morgan fingerprint density at radius 2 is 2.18 bits per heavy atom. The van der Waals surface area contributed by atoms with Crippen molar-refractivity contribution in [3.63, 3.8) is 0 Å². The van der Waals surface area contributed by atoms with Crippen LogP contribution in [0.25, 0.3) is 10.8 Å². The van der Waals surface area contributed by atoms with Crippen LogP contribution in [0.5, 0.6) is 0 Å². The number of carbonyl (C=O) groups excluding carboxylic acids is 1. The van der Waals surface area contributed by atoms with Crippen LogP contribution < -0.4 is 10.6 Å². The molecule has 28 heavy (non-hydrogen) atoms. The average Bonchev–Trinajstić information content (AvgIpc) is 2.70. The molecule has 1 aliphatic rings. The van der Waals surface area contributed by atoms with Gasteiger partial charge in [-0.25, -0.2) is 9.18 Å². The highest BCUT2D eigenvalue weighted by atomic mass is 19.1. The first kappa shape index (κ1) is 18.2. The van der Waals surface area contributed by atoms with E-state index >= 15 is 0 Å². The van der Waals surface area contributed by atoms with Gasteiger partial charge in [0.25, 0.3) is 0 Å². The van der Waals surface area contributed by atoms with Crippen molar-refractivity contribution in [1.82, 2.24) is 10.3 Å². The van der Waals surface area contributed by atoms with Gasteiger partial charge >= 0.3 is 6.03 Å². The number of anilines is 1. The van der Waals surface area contributed by atoms with Crippen LogP contribution in [0.4, 0.5) is 14.9 Å². The van der Waals surface area contributed by atoms with Crippen molar-refractivity contribution in [3.05, 3.63) is 84.5 Å². The number of carbonyl (C=O) groups is 1. The summed E-state index contributed by atoms with van der Waals surface area (Å²) in [6.07, 6.45) is 7.57. The Morgan fingerprint density at radius 1 is 1.29 bits per heavy atom. The topological polar surface area (TPSA) is 54.0 Å². The van der Waals surface area contributed by atoms with E-state index in [-0.39, 0.29) is 23.8 Å². The molecule has 1 heterocycles. The minimum Gasteiger partial charge on any atom is -0.334 e. The molecule has 2 amide bonds. The normalized spacial score (nSPS) is 18.3. The molecule has 0 fully saturated rings. The van der Waals surface area contributed by atoms with Crippen LogP contribution in [0.1, 0.15) is 29.9 Å². The fourth-order valence-corrected chi connectivity index (χ4v) is 4.08. The van der Waals surface area contributed by atoms with E-state index in [0.717, 1.165) is 46.8 Å². The molecule has 5 heteroatoms. The van der Waals surface area contributed by atoms with Crippen molar-refractivity contribution in [1.29, 1.82) is 0 Å². The van der Waals surface area contributed by atoms with Gasteiger partial charge in [0.05, 0.1) is 5.69 Å². The largest absolute Gasteiger partial charge is 0.334 e. The third kappa shape index (κ3) is 3.60. The predicted octanol–water partition coefficient (Wildman–Crippen LogP) is 5.17. The molecule has 2 atom stereocenters. The fraction of sp³-hybridized carbons (Fsp3) is 0.217. The van der Waals surface area contributed by atoms with Crippen molar-refractivity contribution in [2.75, 3.05) is 5.32 Å². The van der Waals surface area contributed by atoms with E-state index in [9.17, 15) is 9.18 Å². The molecule has 2 aromatic carbocycles. The maximum absolute atomic E-state index is 13.6. The zero-order valence-corrected chi connectivity index (χ0v) is 15.5. The number of pyridine rings is 1. The molecule has 0 unspecified atom stereocenters. The number of aryl methyl sites for hydroxylation is 1. The van der Waals surface area contributed by atoms with Gasteiger partial charge < -0.3 is 10.6 Å². The number of allylic oxidation sites excluding steroid dienone is 1. The zero-order chi connectivity index (χ0) is 19.5. The van der Waals surface area contributed by atoms with Crippen LogP contribution in [-0.4, -0.2) is 17.1 Å². The molecule has 0 saturated carbocycles. The first-order valence-corrected chi connectivity index (χ1v) is 9.45. The highest BCUT2D eigenvalue weighted by molar-refractivity contribution is 6.01. The van der Waals surface area contributed by atoms with E-state index in [1.165, 1.54) is 6.07 Å². The molecule has 1 aromatic heterocycles. The fourth-order valence-electron chi connectivity index (χ4n) is 4.08. The Bertz CT molecular complexity index is 1030. The summed E-state index contributed by atoms with van der Waals surface area (Å²) in [5, 5.41) is 7.99. The lowest BCUT2D eigenvalue weighted by Crippen LogP contribution is -2.43. The Morgan fingerprint density at radius 3 is 3.04 bits per heavy atom. The van der Waals surface area contributed by atoms with Crippen LogP contribution in [0.15, 0.2) is 67.5 Å². The molecular weight excluding hydrogens is 353 g/mol. The molecule has 2 N–H and O–H groups in total. The van der Waals surface area contributed by atoms with Gasteiger partial charge in [-0.3, -0.25) is 4.98 Å². The van der Waals surface area contributed by atoms with Gasteiger partial charge in [0.2, 0.25) is 0 Å². The lowest BCUT2D eigenvalue weighted by Gasteiger charge is -2.34. The number of hydrogen-bond donors (Lipinski definition) is 2. The summed E-state index contributed by atoms with van der Waals surface area (Å²) < 4.78 is 13.6. The van der Waals surface area contributed by atoms with Crippen molar-refractivity contribution in [2.24, 2.45) is 0 Å². The standard InChI is InChI=1S/C23H22FN3O/c1-2-4-20-18-9-8-17(24)13-15(18)7-10-22(20)27-23(28)26-21-6-3-5-16-14-25-12-11-19(16)21/h2-3,5-6,8-9,11-14,20,22H,1,4,7,10H2,(H2,26,27,28)/t20-,22+/m1/s1. The quantitative estimate of drug-likeness (QED) is 0.618. The third-order valence-corrected chi connectivity index (χ3v) is 5.38. The molecule has 0 saturated heterocycles. The van der Waals surface area contributed by atoms with E-state index in [1.54, 1.807) is 18.5 Å². The summed E-state index contributed by atoms with van der Waals surface area (Å²) in [7, 11) is 0. The van der Waals surface area contributed by atoms with E-state index in [1.807, 2.05) is 36.4 Å². The smallest absolute Gasteiger partial charge is 0.319 e. The maximum Gasteiger partial charge on any atom is 0.319 e. The van der Waals surface area contributed by atoms with E-state index in [0.29, 0.717) is 0 Å². The minimum absolute atomic E-state index is 0.0346. The summed E-state index contributed by atoms with van der Waals surface area (Å²) in [5.74, 6) is -0.130. The van der Waals surface area contributed by atoms with Crippen molar-refractivity contribution in [2.45, 2.75) is 31.2 Å². The monoisotopic (exact) mass is 375 g/mol. The second kappa shape index (κ2) is 7.80. The van der Waals surface area contributed by atoms with Crippen LogP contribution in [0.3, 0.4) is 0 Å². The maximum atomic E-state index is 13.6. The highest BCUT2D eigenvalue weighted by Gasteiger charge is 2.30. The van der Waals surface area contributed by atoms with Crippen molar-refractivity contribution >= 4 is 22.5 Å². The van der Waals surface area contributed by atoms with Gasteiger partial charge in [0, 0.05) is 35.1 Å². The molecule has 0 radical (unpaired) electrons. The van der Waals surface area contributed by atoms with Crippen LogP contribution in [0, 0.1) is 5.82 Å². The van der Waals surface area contributed by atoms with Gasteiger partial charge in [-0.15, -0.1) is 6.58 Å². The average molecular weight is 375 g/mol. The number of nitrogens with zero attached hydrogens (tertiary/aromatic N) is 1. The predicted molar refractivity (Wildman–Crippen MR) is 110 cm³/mol. The molecule has 0 aliphatic heterocycles. The van der Waals surface area contributed by atoms with Gasteiger partial charge in [-0.1, -0.05) is 24.3 Å². The highest BCUT2D eigenvalue weighted by Crippen LogP contribution is 2.35. The van der Waals surface area contributed by atoms with Crippen molar-refractivity contribution in [3.8, 4) is 0 Å². The summed E-state index contributed by atoms with van der Waals surface area (Å²) in [6, 6.07) is 12.3. The summed E-state index contributed by atoms with van der Waals surface area (Å²) in [4.78, 5) is 16.8. The van der Waals surface area contributed by atoms with Crippen LogP contribution >= 0.6 is 0 Å². The number of urea groups is 1. The summed E-state index contributed by atoms with van der Waals surface area (Å²) in [5.41, 5.74) is 2.86. The second-order valence-electron chi connectivity index (χ2n) is 7.12. The van der Waals surface area contributed by atoms with Crippen LogP contribution in [-0.2, 0) is 6.42 Å². The van der Waals surface area contributed by atoms with E-state index < -0.39 is 0 Å². The number of benzene rings is 2. The molecule has 142 valence electrons. The van der Waals surface area contributed by atoms with Gasteiger partial charge in [0.15, 0.2) is 0 Å². The van der Waals surface area contributed by atoms with E-state index in [4.69, 9.17) is 0 Å². The number of nitrogens with one attached hydrogen (secondary N) is 2. The number of rotatable bonds is 4. The zero-order valence-electron chi connectivity index (χ0n) is 15.5. The summed E-state index contributed by atoms with van der Waals surface area (Å²) in [6.45, 7) is 3.85. The molecular formula is C23H22FN3O. The number of amides is 2. The molecule has 4 nitrogen and oxygen atoms in total.